The summed E-state index contributed by atoms with van der Waals surface area (Å²) in [6.45, 7) is 4.66. The van der Waals surface area contributed by atoms with Crippen molar-refractivity contribution in [2.75, 3.05) is 18.6 Å². The van der Waals surface area contributed by atoms with Gasteiger partial charge < -0.3 is 4.74 Å². The van der Waals surface area contributed by atoms with Crippen LogP contribution < -0.4 is 4.90 Å². The smallest absolute Gasteiger partial charge is 0.414 e. The molecule has 0 unspecified atom stereocenters. The van der Waals surface area contributed by atoms with Gasteiger partial charge in [0.05, 0.1) is 24.7 Å². The molecule has 0 bridgehead atoms. The normalized spacial score (nSPS) is 17.4. The van der Waals surface area contributed by atoms with Gasteiger partial charge in [0, 0.05) is 12.0 Å². The Bertz CT molecular complexity index is 403. The SMILES string of the molecule is COC(=O)N1CC(C)(C)c2ncncc21. The molecule has 1 amide bonds. The third-order valence-electron chi connectivity index (χ3n) is 2.57. The largest absolute Gasteiger partial charge is 0.452 e. The molecular formula is C10H13N3O2. The first-order valence-corrected chi connectivity index (χ1v) is 4.72. The molecule has 1 aromatic heterocycles. The van der Waals surface area contributed by atoms with Gasteiger partial charge in [-0.05, 0) is 0 Å². The van der Waals surface area contributed by atoms with Crippen LogP contribution in [0, 0.1) is 0 Å². The number of rotatable bonds is 0. The zero-order chi connectivity index (χ0) is 11.1. The summed E-state index contributed by atoms with van der Waals surface area (Å²) in [7, 11) is 1.37. The molecule has 0 fully saturated rings. The minimum absolute atomic E-state index is 0.146. The van der Waals surface area contributed by atoms with Crippen LogP contribution in [-0.2, 0) is 10.2 Å². The number of amides is 1. The fourth-order valence-corrected chi connectivity index (χ4v) is 1.87. The van der Waals surface area contributed by atoms with Crippen molar-refractivity contribution in [3.63, 3.8) is 0 Å². The molecule has 0 N–H and O–H groups in total. The highest BCUT2D eigenvalue weighted by molar-refractivity contribution is 5.90. The van der Waals surface area contributed by atoms with E-state index < -0.39 is 0 Å². The summed E-state index contributed by atoms with van der Waals surface area (Å²) < 4.78 is 4.72. The van der Waals surface area contributed by atoms with Crippen molar-refractivity contribution in [1.29, 1.82) is 0 Å². The molecule has 0 aliphatic carbocycles. The second kappa shape index (κ2) is 3.18. The third kappa shape index (κ3) is 1.44. The lowest BCUT2D eigenvalue weighted by molar-refractivity contribution is 0.178. The van der Waals surface area contributed by atoms with Gasteiger partial charge in [0.25, 0.3) is 0 Å². The Balaban J connectivity index is 2.47. The number of carbonyl (C=O) groups excluding carboxylic acids is 1. The first-order valence-electron chi connectivity index (χ1n) is 4.72. The zero-order valence-corrected chi connectivity index (χ0v) is 9.02. The van der Waals surface area contributed by atoms with Gasteiger partial charge in [-0.1, -0.05) is 13.8 Å². The van der Waals surface area contributed by atoms with E-state index in [4.69, 9.17) is 4.74 Å². The lowest BCUT2D eigenvalue weighted by atomic mass is 9.92. The number of nitrogens with zero attached hydrogens (tertiary/aromatic N) is 3. The Morgan fingerprint density at radius 1 is 1.60 bits per heavy atom. The van der Waals surface area contributed by atoms with E-state index in [-0.39, 0.29) is 11.5 Å². The van der Waals surface area contributed by atoms with Crippen LogP contribution in [0.3, 0.4) is 0 Å². The number of aromatic nitrogens is 2. The van der Waals surface area contributed by atoms with E-state index in [1.165, 1.54) is 13.4 Å². The predicted octanol–water partition coefficient (Wildman–Crippen LogP) is 1.34. The number of hydrogen-bond donors (Lipinski definition) is 0. The lowest BCUT2D eigenvalue weighted by Crippen LogP contribution is -2.33. The number of anilines is 1. The van der Waals surface area contributed by atoms with E-state index in [0.29, 0.717) is 6.54 Å². The summed E-state index contributed by atoms with van der Waals surface area (Å²) in [5.74, 6) is 0. The molecule has 0 saturated heterocycles. The molecule has 2 heterocycles. The highest BCUT2D eigenvalue weighted by Gasteiger charge is 2.39. The molecule has 1 aliphatic heterocycles. The van der Waals surface area contributed by atoms with Crippen molar-refractivity contribution in [3.05, 3.63) is 18.2 Å². The average molecular weight is 207 g/mol. The van der Waals surface area contributed by atoms with Gasteiger partial charge in [-0.15, -0.1) is 0 Å². The van der Waals surface area contributed by atoms with Crippen LogP contribution in [-0.4, -0.2) is 29.7 Å². The fraction of sp³-hybridized carbons (Fsp3) is 0.500. The van der Waals surface area contributed by atoms with Gasteiger partial charge in [0.15, 0.2) is 0 Å². The Labute approximate surface area is 88.1 Å². The van der Waals surface area contributed by atoms with Crippen LogP contribution in [0.15, 0.2) is 12.5 Å². The number of carbonyl (C=O) groups is 1. The van der Waals surface area contributed by atoms with Gasteiger partial charge >= 0.3 is 6.09 Å². The van der Waals surface area contributed by atoms with Gasteiger partial charge in [-0.3, -0.25) is 4.90 Å². The Kier molecular flexibility index (Phi) is 2.10. The molecule has 80 valence electrons. The van der Waals surface area contributed by atoms with E-state index in [2.05, 4.69) is 9.97 Å². The highest BCUT2D eigenvalue weighted by atomic mass is 16.5. The molecule has 0 radical (unpaired) electrons. The second-order valence-corrected chi connectivity index (χ2v) is 4.20. The maximum Gasteiger partial charge on any atom is 0.414 e. The van der Waals surface area contributed by atoms with Crippen molar-refractivity contribution < 1.29 is 9.53 Å². The molecule has 2 rings (SSSR count). The maximum absolute atomic E-state index is 11.5. The van der Waals surface area contributed by atoms with E-state index in [1.807, 2.05) is 13.8 Å². The maximum atomic E-state index is 11.5. The summed E-state index contributed by atoms with van der Waals surface area (Å²) in [6, 6.07) is 0. The standard InChI is InChI=1S/C10H13N3O2/c1-10(2)5-13(9(14)15-3)7-4-11-6-12-8(7)10/h4,6H,5H2,1-3H3. The summed E-state index contributed by atoms with van der Waals surface area (Å²) in [6.07, 6.45) is 2.78. The Morgan fingerprint density at radius 3 is 3.00 bits per heavy atom. The quantitative estimate of drug-likeness (QED) is 0.644. The van der Waals surface area contributed by atoms with Crippen molar-refractivity contribution in [1.82, 2.24) is 9.97 Å². The van der Waals surface area contributed by atoms with Crippen LogP contribution in [0.25, 0.3) is 0 Å². The molecule has 0 spiro atoms. The van der Waals surface area contributed by atoms with E-state index in [0.717, 1.165) is 11.4 Å². The molecule has 1 aliphatic rings. The minimum Gasteiger partial charge on any atom is -0.452 e. The van der Waals surface area contributed by atoms with Crippen LogP contribution in [0.4, 0.5) is 10.5 Å². The summed E-state index contributed by atoms with van der Waals surface area (Å²) in [4.78, 5) is 21.2. The van der Waals surface area contributed by atoms with Gasteiger partial charge in [0.2, 0.25) is 0 Å². The van der Waals surface area contributed by atoms with Crippen molar-refractivity contribution in [2.24, 2.45) is 0 Å². The second-order valence-electron chi connectivity index (χ2n) is 4.20. The monoisotopic (exact) mass is 207 g/mol. The summed E-state index contributed by atoms with van der Waals surface area (Å²) in [5.41, 5.74) is 1.49. The van der Waals surface area contributed by atoms with Gasteiger partial charge in [-0.25, -0.2) is 14.8 Å². The van der Waals surface area contributed by atoms with Gasteiger partial charge in [0.1, 0.15) is 6.33 Å². The number of ether oxygens (including phenoxy) is 1. The third-order valence-corrected chi connectivity index (χ3v) is 2.57. The molecule has 0 aromatic carbocycles. The van der Waals surface area contributed by atoms with Crippen molar-refractivity contribution >= 4 is 11.8 Å². The van der Waals surface area contributed by atoms with Crippen LogP contribution >= 0.6 is 0 Å². The number of hydrogen-bond acceptors (Lipinski definition) is 4. The number of methoxy groups -OCH3 is 1. The fourth-order valence-electron chi connectivity index (χ4n) is 1.87. The molecular weight excluding hydrogens is 194 g/mol. The van der Waals surface area contributed by atoms with Crippen LogP contribution in [0.1, 0.15) is 19.5 Å². The summed E-state index contributed by atoms with van der Waals surface area (Å²) in [5, 5.41) is 0. The highest BCUT2D eigenvalue weighted by Crippen LogP contribution is 2.38. The van der Waals surface area contributed by atoms with Crippen molar-refractivity contribution in [3.8, 4) is 0 Å². The van der Waals surface area contributed by atoms with E-state index in [9.17, 15) is 4.79 Å². The lowest BCUT2D eigenvalue weighted by Gasteiger charge is -2.18. The predicted molar refractivity (Wildman–Crippen MR) is 54.8 cm³/mol. The molecule has 5 heteroatoms. The molecule has 5 nitrogen and oxygen atoms in total. The van der Waals surface area contributed by atoms with Gasteiger partial charge in [-0.2, -0.15) is 0 Å². The first kappa shape index (κ1) is 9.89. The van der Waals surface area contributed by atoms with Crippen molar-refractivity contribution in [2.45, 2.75) is 19.3 Å². The minimum atomic E-state index is -0.364. The molecule has 15 heavy (non-hydrogen) atoms. The van der Waals surface area contributed by atoms with E-state index in [1.54, 1.807) is 11.1 Å². The Morgan fingerprint density at radius 2 is 2.33 bits per heavy atom. The zero-order valence-electron chi connectivity index (χ0n) is 9.02. The average Bonchev–Trinajstić information content (AvgIpc) is 2.51. The molecule has 0 saturated carbocycles. The first-order chi connectivity index (χ1) is 7.06. The van der Waals surface area contributed by atoms with E-state index >= 15 is 0 Å². The molecule has 0 atom stereocenters. The van der Waals surface area contributed by atoms with Crippen LogP contribution in [0.5, 0.6) is 0 Å². The Hall–Kier alpha value is -1.65. The number of fused-ring (bicyclic) bond motifs is 1. The van der Waals surface area contributed by atoms with Crippen LogP contribution in [0.2, 0.25) is 0 Å². The molecule has 1 aromatic rings. The summed E-state index contributed by atoms with van der Waals surface area (Å²) >= 11 is 0. The topological polar surface area (TPSA) is 55.3 Å².